The van der Waals surface area contributed by atoms with Crippen LogP contribution in [0.5, 0.6) is 0 Å². The molecule has 0 aromatic rings. The monoisotopic (exact) mass is 397 g/mol. The lowest BCUT2D eigenvalue weighted by Crippen LogP contribution is -2.27. The minimum absolute atomic E-state index is 0.123. The number of hydrogen-bond acceptors (Lipinski definition) is 3. The molecule has 0 aliphatic carbocycles. The van der Waals surface area contributed by atoms with Gasteiger partial charge < -0.3 is 9.64 Å². The van der Waals surface area contributed by atoms with E-state index >= 15 is 0 Å². The van der Waals surface area contributed by atoms with Crippen LogP contribution in [0.4, 0.5) is 0 Å². The van der Waals surface area contributed by atoms with E-state index in [1.54, 1.807) is 0 Å². The van der Waals surface area contributed by atoms with Gasteiger partial charge in [0.1, 0.15) is 0 Å². The largest absolute Gasteiger partial charge is 0.465 e. The Balaban J connectivity index is 0.00000352. The van der Waals surface area contributed by atoms with E-state index in [9.17, 15) is 9.59 Å². The van der Waals surface area contributed by atoms with Gasteiger partial charge in [-0.25, -0.2) is 0 Å². The third-order valence-electron chi connectivity index (χ3n) is 5.32. The van der Waals surface area contributed by atoms with Crippen molar-refractivity contribution in [3.8, 4) is 0 Å². The molecular weight excluding hydrogens is 350 g/mol. The van der Waals surface area contributed by atoms with Gasteiger partial charge >= 0.3 is 5.97 Å². The van der Waals surface area contributed by atoms with Crippen LogP contribution in [0.2, 0.25) is 0 Å². The van der Waals surface area contributed by atoms with Gasteiger partial charge in [0.2, 0.25) is 5.91 Å². The van der Waals surface area contributed by atoms with E-state index in [1.807, 2.05) is 18.7 Å². The lowest BCUT2D eigenvalue weighted by atomic mass is 10.1. The maximum absolute atomic E-state index is 12.1. The summed E-state index contributed by atoms with van der Waals surface area (Å²) in [5.74, 6) is -0.297. The van der Waals surface area contributed by atoms with Crippen LogP contribution in [-0.4, -0.2) is 36.5 Å². The van der Waals surface area contributed by atoms with Crippen molar-refractivity contribution in [1.29, 1.82) is 0 Å². The van der Waals surface area contributed by atoms with Gasteiger partial charge in [-0.1, -0.05) is 98.3 Å². The summed E-state index contributed by atoms with van der Waals surface area (Å²) in [6, 6.07) is 0. The lowest BCUT2D eigenvalue weighted by molar-refractivity contribution is -0.148. The molecule has 0 aromatic heterocycles. The molecule has 28 heavy (non-hydrogen) atoms. The summed E-state index contributed by atoms with van der Waals surface area (Å²) in [6.45, 7) is 10.3. The highest BCUT2D eigenvalue weighted by Crippen LogP contribution is 2.20. The summed E-state index contributed by atoms with van der Waals surface area (Å²) in [5, 5.41) is 0. The molecule has 1 unspecified atom stereocenters. The quantitative estimate of drug-likeness (QED) is 0.220. The second-order valence-corrected chi connectivity index (χ2v) is 7.80. The molecule has 166 valence electrons. The molecule has 0 saturated carbocycles. The highest BCUT2D eigenvalue weighted by Gasteiger charge is 2.34. The van der Waals surface area contributed by atoms with Crippen molar-refractivity contribution in [1.82, 2.24) is 4.90 Å². The third-order valence-corrected chi connectivity index (χ3v) is 5.32. The molecule has 0 spiro atoms. The van der Waals surface area contributed by atoms with Crippen molar-refractivity contribution in [3.63, 3.8) is 0 Å². The number of amides is 1. The van der Waals surface area contributed by atoms with Gasteiger partial charge in [-0.15, -0.1) is 0 Å². The molecular formula is C24H47NO3. The molecule has 0 radical (unpaired) electrons. The first-order valence-corrected chi connectivity index (χ1v) is 12.1. The Morgan fingerprint density at radius 2 is 1.36 bits per heavy atom. The Morgan fingerprint density at radius 3 is 1.93 bits per heavy atom. The van der Waals surface area contributed by atoms with Gasteiger partial charge in [-0.05, 0) is 12.8 Å². The Morgan fingerprint density at radius 1 is 0.857 bits per heavy atom. The lowest BCUT2D eigenvalue weighted by Gasteiger charge is -2.16. The van der Waals surface area contributed by atoms with Crippen molar-refractivity contribution < 1.29 is 14.3 Å². The molecule has 1 aliphatic heterocycles. The van der Waals surface area contributed by atoms with E-state index in [0.717, 1.165) is 25.8 Å². The fourth-order valence-electron chi connectivity index (χ4n) is 3.58. The first-order chi connectivity index (χ1) is 13.7. The van der Waals surface area contributed by atoms with Gasteiger partial charge in [-0.3, -0.25) is 9.59 Å². The predicted molar refractivity (Wildman–Crippen MR) is 118 cm³/mol. The molecule has 4 heteroatoms. The normalized spacial score (nSPS) is 16.1. The van der Waals surface area contributed by atoms with Crippen molar-refractivity contribution in [3.05, 3.63) is 0 Å². The summed E-state index contributed by atoms with van der Waals surface area (Å²) >= 11 is 0. The summed E-state index contributed by atoms with van der Waals surface area (Å²) in [7, 11) is 0. The Hall–Kier alpha value is -1.06. The molecule has 1 heterocycles. The van der Waals surface area contributed by atoms with Crippen molar-refractivity contribution in [2.45, 2.75) is 118 Å². The first kappa shape index (κ1) is 26.9. The molecule has 1 saturated heterocycles. The van der Waals surface area contributed by atoms with Crippen LogP contribution >= 0.6 is 0 Å². The van der Waals surface area contributed by atoms with Gasteiger partial charge in [0, 0.05) is 19.5 Å². The van der Waals surface area contributed by atoms with E-state index in [2.05, 4.69) is 13.8 Å². The van der Waals surface area contributed by atoms with E-state index in [-0.39, 0.29) is 17.8 Å². The molecule has 0 bridgehead atoms. The zero-order valence-corrected chi connectivity index (χ0v) is 19.3. The number of carbonyl (C=O) groups is 2. The second kappa shape index (κ2) is 19.3. The molecule has 0 aromatic carbocycles. The molecule has 1 fully saturated rings. The molecule has 4 nitrogen and oxygen atoms in total. The van der Waals surface area contributed by atoms with Crippen LogP contribution in [0.3, 0.4) is 0 Å². The molecule has 0 N–H and O–H groups in total. The summed E-state index contributed by atoms with van der Waals surface area (Å²) in [4.78, 5) is 26.0. The number of unbranched alkanes of at least 4 members (excludes halogenated alkanes) is 11. The summed E-state index contributed by atoms with van der Waals surface area (Å²) in [5.41, 5.74) is 0. The molecule has 1 rings (SSSR count). The number of nitrogens with zero attached hydrogens (tertiary/aromatic N) is 1. The Kier molecular flexibility index (Phi) is 18.5. The van der Waals surface area contributed by atoms with E-state index < -0.39 is 0 Å². The van der Waals surface area contributed by atoms with Crippen molar-refractivity contribution >= 4 is 11.9 Å². The average Bonchev–Trinajstić information content (AvgIpc) is 3.08. The summed E-state index contributed by atoms with van der Waals surface area (Å²) < 4.78 is 5.35. The van der Waals surface area contributed by atoms with Crippen LogP contribution in [-0.2, 0) is 14.3 Å². The van der Waals surface area contributed by atoms with Crippen LogP contribution in [0.25, 0.3) is 0 Å². The second-order valence-electron chi connectivity index (χ2n) is 7.80. The number of likely N-dealkylation sites (tertiary alicyclic amines) is 1. The highest BCUT2D eigenvalue weighted by molar-refractivity contribution is 5.86. The van der Waals surface area contributed by atoms with Crippen molar-refractivity contribution in [2.75, 3.05) is 19.7 Å². The Labute approximate surface area is 174 Å². The van der Waals surface area contributed by atoms with Crippen LogP contribution < -0.4 is 0 Å². The average molecular weight is 398 g/mol. The minimum Gasteiger partial charge on any atom is -0.465 e. The first-order valence-electron chi connectivity index (χ1n) is 12.1. The van der Waals surface area contributed by atoms with Crippen molar-refractivity contribution in [2.24, 2.45) is 5.92 Å². The fourth-order valence-corrected chi connectivity index (χ4v) is 3.58. The van der Waals surface area contributed by atoms with Crippen LogP contribution in [0.1, 0.15) is 118 Å². The van der Waals surface area contributed by atoms with Gasteiger partial charge in [0.25, 0.3) is 0 Å². The van der Waals surface area contributed by atoms with Gasteiger partial charge in [0.15, 0.2) is 0 Å². The van der Waals surface area contributed by atoms with E-state index in [0.29, 0.717) is 19.6 Å². The topological polar surface area (TPSA) is 46.6 Å². The van der Waals surface area contributed by atoms with Gasteiger partial charge in [0.05, 0.1) is 12.5 Å². The number of ether oxygens (including phenoxy) is 1. The zero-order chi connectivity index (χ0) is 21.0. The maximum Gasteiger partial charge on any atom is 0.311 e. The highest BCUT2D eigenvalue weighted by atomic mass is 16.5. The van der Waals surface area contributed by atoms with Crippen LogP contribution in [0, 0.1) is 5.92 Å². The van der Waals surface area contributed by atoms with E-state index in [1.165, 1.54) is 64.2 Å². The summed E-state index contributed by atoms with van der Waals surface area (Å²) in [6.07, 6.45) is 16.3. The fraction of sp³-hybridized carbons (Fsp3) is 0.917. The number of esters is 1. The number of rotatable bonds is 16. The zero-order valence-electron chi connectivity index (χ0n) is 19.3. The van der Waals surface area contributed by atoms with Crippen LogP contribution in [0.15, 0.2) is 0 Å². The third kappa shape index (κ3) is 13.2. The predicted octanol–water partition coefficient (Wildman–Crippen LogP) is 6.52. The molecule has 1 aliphatic rings. The standard InChI is InChI=1S/C22H41NO3.C2H6/c1-3-5-7-9-10-11-12-13-14-16-23-19-20(18-21(23)24)22(25)26-17-15-8-6-4-2;1-2/h20H,3-19H2,1-2H3;1-2H3. The number of hydrogen-bond donors (Lipinski definition) is 0. The Bertz CT molecular complexity index is 384. The smallest absolute Gasteiger partial charge is 0.311 e. The maximum atomic E-state index is 12.1. The van der Waals surface area contributed by atoms with Gasteiger partial charge in [-0.2, -0.15) is 0 Å². The molecule has 1 atom stereocenters. The molecule has 1 amide bonds. The minimum atomic E-state index is -0.243. The SMILES string of the molecule is CC.CCCCCCCCCCCN1CC(C(=O)OCCCCCC)CC1=O. The number of carbonyl (C=O) groups excluding carboxylic acids is 2. The van der Waals surface area contributed by atoms with E-state index in [4.69, 9.17) is 4.74 Å².